The molecular weight excluding hydrogens is 329 g/mol. The summed E-state index contributed by atoms with van der Waals surface area (Å²) in [6.07, 6.45) is 1.77. The number of unbranched alkanes of at least 4 members (excludes halogenated alkanes) is 2. The number of nitrogens with zero attached hydrogens (tertiary/aromatic N) is 1. The number of phenolic OH excluding ortho intramolecular Hbond substituents is 1. The van der Waals surface area contributed by atoms with E-state index >= 15 is 0 Å². The minimum Gasteiger partial charge on any atom is -0.508 e. The first kappa shape index (κ1) is 19.0. The molecule has 0 aromatic heterocycles. The maximum absolute atomic E-state index is 11.5. The van der Waals surface area contributed by atoms with Gasteiger partial charge in [-0.05, 0) is 30.9 Å². The van der Waals surface area contributed by atoms with Crippen molar-refractivity contribution in [1.29, 1.82) is 0 Å². The van der Waals surface area contributed by atoms with Crippen LogP contribution in [0, 0.1) is 0 Å². The normalized spacial score (nSPS) is 12.2. The molecule has 0 spiro atoms. The summed E-state index contributed by atoms with van der Waals surface area (Å²) in [5, 5.41) is 28.5. The summed E-state index contributed by atoms with van der Waals surface area (Å²) in [6, 6.07) is 3.09. The van der Waals surface area contributed by atoms with Crippen molar-refractivity contribution in [3.8, 4) is 5.75 Å². The second-order valence-corrected chi connectivity index (χ2v) is 5.98. The lowest BCUT2D eigenvalue weighted by molar-refractivity contribution is -0.140. The molecule has 1 aromatic rings. The van der Waals surface area contributed by atoms with Crippen LogP contribution in [0.1, 0.15) is 24.8 Å². The second-order valence-electron chi connectivity index (χ2n) is 5.16. The maximum Gasteiger partial charge on any atom is 0.253 e. The van der Waals surface area contributed by atoms with Crippen LogP contribution in [0.3, 0.4) is 0 Å². The summed E-state index contributed by atoms with van der Waals surface area (Å²) in [4.78, 5) is 12.9. The number of phenols is 1. The monoisotopic (exact) mass is 349 g/mol. The van der Waals surface area contributed by atoms with Crippen molar-refractivity contribution in [2.75, 3.05) is 20.2 Å². The van der Waals surface area contributed by atoms with Crippen molar-refractivity contribution in [3.05, 3.63) is 27.7 Å². The highest BCUT2D eigenvalue weighted by Gasteiger charge is 2.17. The molecule has 3 N–H and O–H groups in total. The van der Waals surface area contributed by atoms with Crippen LogP contribution in [0.25, 0.3) is 0 Å². The molecule has 0 aliphatic carbocycles. The Morgan fingerprint density at radius 3 is 2.50 bits per heavy atom. The molecule has 124 valence electrons. The second kappa shape index (κ2) is 9.20. The van der Waals surface area contributed by atoms with E-state index in [1.807, 2.05) is 0 Å². The molecule has 0 heterocycles. The van der Waals surface area contributed by atoms with Crippen LogP contribution >= 0.6 is 23.2 Å². The van der Waals surface area contributed by atoms with E-state index in [4.69, 9.17) is 28.3 Å². The zero-order valence-electron chi connectivity index (χ0n) is 12.4. The van der Waals surface area contributed by atoms with E-state index in [2.05, 4.69) is 0 Å². The van der Waals surface area contributed by atoms with Crippen LogP contribution in [-0.4, -0.2) is 52.4 Å². The highest BCUT2D eigenvalue weighted by atomic mass is 35.5. The lowest BCUT2D eigenvalue weighted by atomic mass is 10.1. The van der Waals surface area contributed by atoms with Crippen molar-refractivity contribution in [3.63, 3.8) is 0 Å². The van der Waals surface area contributed by atoms with E-state index in [0.717, 1.165) is 24.8 Å². The quantitative estimate of drug-likeness (QED) is 0.628. The number of likely N-dealkylation sites (N-methyl/N-ethyl adjacent to an activating group) is 1. The first-order chi connectivity index (χ1) is 10.4. The van der Waals surface area contributed by atoms with Gasteiger partial charge in [-0.25, -0.2) is 0 Å². The van der Waals surface area contributed by atoms with Crippen LogP contribution in [0.15, 0.2) is 12.1 Å². The van der Waals surface area contributed by atoms with Gasteiger partial charge in [0.05, 0.1) is 16.7 Å². The van der Waals surface area contributed by atoms with E-state index < -0.39 is 18.6 Å². The molecule has 0 aliphatic rings. The molecule has 22 heavy (non-hydrogen) atoms. The molecule has 1 unspecified atom stereocenters. The van der Waals surface area contributed by atoms with Crippen LogP contribution in [-0.2, 0) is 11.2 Å². The van der Waals surface area contributed by atoms with E-state index in [-0.39, 0.29) is 5.75 Å². The average molecular weight is 350 g/mol. The van der Waals surface area contributed by atoms with Gasteiger partial charge in [0.15, 0.2) is 6.10 Å². The van der Waals surface area contributed by atoms with E-state index in [9.17, 15) is 15.0 Å². The predicted molar refractivity (Wildman–Crippen MR) is 86.4 cm³/mol. The van der Waals surface area contributed by atoms with E-state index in [1.165, 1.54) is 11.0 Å². The first-order valence-electron chi connectivity index (χ1n) is 7.07. The van der Waals surface area contributed by atoms with Gasteiger partial charge in [0.2, 0.25) is 0 Å². The molecule has 0 saturated heterocycles. The Morgan fingerprint density at radius 1 is 1.23 bits per heavy atom. The number of amides is 1. The smallest absolute Gasteiger partial charge is 0.253 e. The van der Waals surface area contributed by atoms with Gasteiger partial charge in [-0.2, -0.15) is 0 Å². The number of aryl methyl sites for hydroxylation is 1. The average Bonchev–Trinajstić information content (AvgIpc) is 2.49. The Bertz CT molecular complexity index is 511. The molecule has 0 bridgehead atoms. The zero-order valence-corrected chi connectivity index (χ0v) is 13.9. The fourth-order valence-electron chi connectivity index (χ4n) is 2.06. The highest BCUT2D eigenvalue weighted by molar-refractivity contribution is 6.42. The van der Waals surface area contributed by atoms with Crippen molar-refractivity contribution >= 4 is 29.1 Å². The SMILES string of the molecule is CN(CCCCCc1cc(Cl)c(Cl)cc1O)C(=O)C(O)CO. The zero-order chi connectivity index (χ0) is 16.7. The van der Waals surface area contributed by atoms with Crippen LogP contribution < -0.4 is 0 Å². The Labute approximate surface area is 140 Å². The van der Waals surface area contributed by atoms with Crippen LogP contribution in [0.4, 0.5) is 0 Å². The van der Waals surface area contributed by atoms with E-state index in [0.29, 0.717) is 23.0 Å². The Kier molecular flexibility index (Phi) is 7.96. The van der Waals surface area contributed by atoms with Gasteiger partial charge in [0, 0.05) is 19.7 Å². The number of aliphatic hydroxyl groups excluding tert-OH is 2. The highest BCUT2D eigenvalue weighted by Crippen LogP contribution is 2.30. The van der Waals surface area contributed by atoms with Crippen molar-refractivity contribution in [1.82, 2.24) is 4.90 Å². The van der Waals surface area contributed by atoms with Gasteiger partial charge in [0.25, 0.3) is 5.91 Å². The van der Waals surface area contributed by atoms with Gasteiger partial charge in [0.1, 0.15) is 5.75 Å². The number of hydrogen-bond acceptors (Lipinski definition) is 4. The van der Waals surface area contributed by atoms with Crippen molar-refractivity contribution in [2.45, 2.75) is 31.8 Å². The summed E-state index contributed by atoms with van der Waals surface area (Å²) >= 11 is 11.7. The third-order valence-corrected chi connectivity index (χ3v) is 4.12. The number of hydrogen-bond donors (Lipinski definition) is 3. The largest absolute Gasteiger partial charge is 0.508 e. The molecule has 1 rings (SSSR count). The summed E-state index contributed by atoms with van der Waals surface area (Å²) in [5.74, 6) is -0.350. The van der Waals surface area contributed by atoms with Crippen molar-refractivity contribution < 1.29 is 20.1 Å². The Morgan fingerprint density at radius 2 is 1.86 bits per heavy atom. The summed E-state index contributed by atoms with van der Waals surface area (Å²) < 4.78 is 0. The predicted octanol–water partition coefficient (Wildman–Crippen LogP) is 2.22. The number of benzene rings is 1. The Balaban J connectivity index is 2.32. The standard InChI is InChI=1S/C15H21Cl2NO4/c1-18(15(22)14(21)9-19)6-4-2-3-5-10-7-11(16)12(17)8-13(10)20/h7-8,14,19-21H,2-6,9H2,1H3. The molecule has 1 atom stereocenters. The van der Waals surface area contributed by atoms with Gasteiger partial charge in [-0.3, -0.25) is 4.79 Å². The number of rotatable bonds is 8. The Hall–Kier alpha value is -1.01. The number of carbonyl (C=O) groups is 1. The first-order valence-corrected chi connectivity index (χ1v) is 7.83. The maximum atomic E-state index is 11.5. The molecule has 0 saturated carbocycles. The molecule has 0 fully saturated rings. The molecule has 0 aliphatic heterocycles. The van der Waals surface area contributed by atoms with Gasteiger partial charge < -0.3 is 20.2 Å². The molecular formula is C15H21Cl2NO4. The van der Waals surface area contributed by atoms with Crippen LogP contribution in [0.2, 0.25) is 10.0 Å². The minimum absolute atomic E-state index is 0.132. The number of halogens is 2. The lowest BCUT2D eigenvalue weighted by Gasteiger charge is -2.19. The molecule has 1 amide bonds. The third-order valence-electron chi connectivity index (χ3n) is 3.40. The molecule has 1 aromatic carbocycles. The lowest BCUT2D eigenvalue weighted by Crippen LogP contribution is -2.38. The number of aromatic hydroxyl groups is 1. The summed E-state index contributed by atoms with van der Waals surface area (Å²) in [5.41, 5.74) is 0.745. The van der Waals surface area contributed by atoms with Crippen molar-refractivity contribution in [2.24, 2.45) is 0 Å². The summed E-state index contributed by atoms with van der Waals surface area (Å²) in [6.45, 7) is -0.0664. The van der Waals surface area contributed by atoms with Gasteiger partial charge in [-0.1, -0.05) is 29.6 Å². The van der Waals surface area contributed by atoms with Gasteiger partial charge in [-0.15, -0.1) is 0 Å². The topological polar surface area (TPSA) is 81.0 Å². The summed E-state index contributed by atoms with van der Waals surface area (Å²) in [7, 11) is 1.59. The van der Waals surface area contributed by atoms with E-state index in [1.54, 1.807) is 13.1 Å². The third kappa shape index (κ3) is 5.65. The van der Waals surface area contributed by atoms with Gasteiger partial charge >= 0.3 is 0 Å². The minimum atomic E-state index is -1.35. The molecule has 0 radical (unpaired) electrons. The fourth-order valence-corrected chi connectivity index (χ4v) is 2.41. The number of aliphatic hydroxyl groups is 2. The molecule has 5 nitrogen and oxygen atoms in total. The molecule has 7 heteroatoms. The number of carbonyl (C=O) groups excluding carboxylic acids is 1. The fraction of sp³-hybridized carbons (Fsp3) is 0.533. The van der Waals surface area contributed by atoms with Crippen LogP contribution in [0.5, 0.6) is 5.75 Å².